The van der Waals surface area contributed by atoms with Gasteiger partial charge in [-0.05, 0) is 50.6 Å². The minimum absolute atomic E-state index is 0.00430. The van der Waals surface area contributed by atoms with Crippen molar-refractivity contribution in [1.29, 1.82) is 0 Å². The molecule has 6 nitrogen and oxygen atoms in total. The predicted octanol–water partition coefficient (Wildman–Crippen LogP) is 6.01. The van der Waals surface area contributed by atoms with Crippen LogP contribution in [-0.2, 0) is 27.7 Å². The van der Waals surface area contributed by atoms with Crippen LogP contribution >= 0.6 is 0 Å². The maximum Gasteiger partial charge on any atom is 0.416 e. The van der Waals surface area contributed by atoms with E-state index in [4.69, 9.17) is 20.9 Å². The van der Waals surface area contributed by atoms with Crippen LogP contribution < -0.4 is 4.90 Å². The molecule has 1 aliphatic heterocycles. The maximum absolute atomic E-state index is 13.1. The molecule has 1 fully saturated rings. The summed E-state index contributed by atoms with van der Waals surface area (Å²) in [6.07, 6.45) is 4.63. The SMILES string of the molecule is C#CCCOC(C)(C)c1ncc(-c2cc(CC(=O)c3cccc(C(F)(F)F)c3)cnc2C)cc1N1CCOCC1. The van der Waals surface area contributed by atoms with E-state index in [0.717, 1.165) is 40.3 Å². The first-order chi connectivity index (χ1) is 19.0. The van der Waals surface area contributed by atoms with Crippen molar-refractivity contribution in [1.82, 2.24) is 9.97 Å². The molecule has 3 heterocycles. The average molecular weight is 552 g/mol. The second kappa shape index (κ2) is 12.2. The Bertz CT molecular complexity index is 1410. The van der Waals surface area contributed by atoms with Gasteiger partial charge in [-0.25, -0.2) is 0 Å². The summed E-state index contributed by atoms with van der Waals surface area (Å²) in [6, 6.07) is 8.37. The number of hydrogen-bond donors (Lipinski definition) is 0. The number of benzene rings is 1. The lowest BCUT2D eigenvalue weighted by Crippen LogP contribution is -2.38. The highest BCUT2D eigenvalue weighted by atomic mass is 19.4. The zero-order chi connectivity index (χ0) is 28.9. The zero-order valence-corrected chi connectivity index (χ0v) is 22.8. The number of halogens is 3. The number of rotatable bonds is 9. The molecule has 2 aromatic heterocycles. The van der Waals surface area contributed by atoms with Crippen LogP contribution in [0.4, 0.5) is 18.9 Å². The third-order valence-corrected chi connectivity index (χ3v) is 6.83. The van der Waals surface area contributed by atoms with Crippen LogP contribution in [0.15, 0.2) is 48.8 Å². The number of pyridine rings is 2. The molecule has 4 rings (SSSR count). The van der Waals surface area contributed by atoms with Gasteiger partial charge in [-0.15, -0.1) is 12.3 Å². The maximum atomic E-state index is 13.1. The first-order valence-corrected chi connectivity index (χ1v) is 13.1. The molecule has 210 valence electrons. The number of carbonyl (C=O) groups excluding carboxylic acids is 1. The number of terminal acetylenes is 1. The fraction of sp³-hybridized carbons (Fsp3) is 0.387. The number of anilines is 1. The topological polar surface area (TPSA) is 64.5 Å². The van der Waals surface area contributed by atoms with Crippen LogP contribution in [0.2, 0.25) is 0 Å². The molecule has 0 unspecified atom stereocenters. The summed E-state index contributed by atoms with van der Waals surface area (Å²) < 4.78 is 51.1. The van der Waals surface area contributed by atoms with E-state index >= 15 is 0 Å². The van der Waals surface area contributed by atoms with E-state index in [9.17, 15) is 18.0 Å². The fourth-order valence-corrected chi connectivity index (χ4v) is 4.66. The average Bonchev–Trinajstić information content (AvgIpc) is 2.94. The number of nitrogens with zero attached hydrogens (tertiary/aromatic N) is 3. The minimum atomic E-state index is -4.52. The molecule has 0 aliphatic carbocycles. The Morgan fingerprint density at radius 1 is 1.12 bits per heavy atom. The number of Topliss-reactive ketones (excluding diaryl/α,β-unsaturated/α-hetero) is 1. The Morgan fingerprint density at radius 2 is 1.88 bits per heavy atom. The number of carbonyl (C=O) groups is 1. The first kappa shape index (κ1) is 29.2. The Morgan fingerprint density at radius 3 is 2.58 bits per heavy atom. The highest BCUT2D eigenvalue weighted by Crippen LogP contribution is 2.36. The van der Waals surface area contributed by atoms with Gasteiger partial charge in [0.2, 0.25) is 0 Å². The summed E-state index contributed by atoms with van der Waals surface area (Å²) in [4.78, 5) is 24.4. The number of morpholine rings is 1. The van der Waals surface area contributed by atoms with E-state index in [1.165, 1.54) is 12.1 Å². The number of aryl methyl sites for hydroxylation is 1. The van der Waals surface area contributed by atoms with Gasteiger partial charge < -0.3 is 14.4 Å². The third-order valence-electron chi connectivity index (χ3n) is 6.83. The second-order valence-electron chi connectivity index (χ2n) is 10.2. The lowest BCUT2D eigenvalue weighted by Gasteiger charge is -2.34. The Hall–Kier alpha value is -3.74. The van der Waals surface area contributed by atoms with E-state index in [1.54, 1.807) is 12.4 Å². The van der Waals surface area contributed by atoms with Gasteiger partial charge in [0, 0.05) is 60.7 Å². The van der Waals surface area contributed by atoms with E-state index in [1.807, 2.05) is 32.9 Å². The number of ketones is 1. The van der Waals surface area contributed by atoms with Gasteiger partial charge in [0.15, 0.2) is 5.78 Å². The summed E-state index contributed by atoms with van der Waals surface area (Å²) >= 11 is 0. The standard InChI is InChI=1S/C31H32F3N3O3/c1-5-6-12-40-30(3,4)29-27(37-10-13-39-14-11-37)18-24(20-36-29)26-15-22(19-35-21(26)2)16-28(38)23-8-7-9-25(17-23)31(32,33)34/h1,7-9,15,17-20H,6,10-14,16H2,2-4H3. The van der Waals surface area contributed by atoms with Crippen LogP contribution in [0.3, 0.4) is 0 Å². The van der Waals surface area contributed by atoms with Crippen LogP contribution in [0.5, 0.6) is 0 Å². The van der Waals surface area contributed by atoms with Crippen LogP contribution in [0.25, 0.3) is 11.1 Å². The second-order valence-corrected chi connectivity index (χ2v) is 10.2. The molecule has 0 N–H and O–H groups in total. The Kier molecular flexibility index (Phi) is 8.92. The van der Waals surface area contributed by atoms with E-state index in [2.05, 4.69) is 15.8 Å². The van der Waals surface area contributed by atoms with E-state index in [0.29, 0.717) is 44.9 Å². The number of alkyl halides is 3. The minimum Gasteiger partial charge on any atom is -0.378 e. The van der Waals surface area contributed by atoms with Crippen molar-refractivity contribution in [3.8, 4) is 23.5 Å². The molecule has 9 heteroatoms. The van der Waals surface area contributed by atoms with Crippen molar-refractivity contribution in [3.63, 3.8) is 0 Å². The Labute approximate surface area is 232 Å². The van der Waals surface area contributed by atoms with Crippen molar-refractivity contribution in [2.75, 3.05) is 37.8 Å². The zero-order valence-electron chi connectivity index (χ0n) is 22.8. The van der Waals surface area contributed by atoms with Crippen molar-refractivity contribution in [2.24, 2.45) is 0 Å². The van der Waals surface area contributed by atoms with Gasteiger partial charge in [-0.1, -0.05) is 12.1 Å². The van der Waals surface area contributed by atoms with Gasteiger partial charge >= 0.3 is 6.18 Å². The molecule has 0 bridgehead atoms. The third kappa shape index (κ3) is 6.87. The molecule has 0 atom stereocenters. The molecular formula is C31H32F3N3O3. The largest absolute Gasteiger partial charge is 0.416 e. The van der Waals surface area contributed by atoms with Crippen LogP contribution in [0.1, 0.15) is 53.1 Å². The van der Waals surface area contributed by atoms with Gasteiger partial charge in [0.1, 0.15) is 5.60 Å². The summed E-state index contributed by atoms with van der Waals surface area (Å²) in [5.41, 5.74) is 3.07. The smallest absolute Gasteiger partial charge is 0.378 e. The summed E-state index contributed by atoms with van der Waals surface area (Å²) in [6.45, 7) is 8.77. The molecule has 1 aliphatic rings. The summed E-state index contributed by atoms with van der Waals surface area (Å²) in [7, 11) is 0. The molecule has 0 saturated carbocycles. The molecule has 40 heavy (non-hydrogen) atoms. The van der Waals surface area contributed by atoms with Gasteiger partial charge in [0.25, 0.3) is 0 Å². The molecule has 1 saturated heterocycles. The predicted molar refractivity (Wildman–Crippen MR) is 147 cm³/mol. The number of aromatic nitrogens is 2. The molecule has 0 radical (unpaired) electrons. The van der Waals surface area contributed by atoms with Crippen LogP contribution in [-0.4, -0.2) is 48.7 Å². The number of ether oxygens (including phenoxy) is 2. The van der Waals surface area contributed by atoms with Crippen LogP contribution in [0, 0.1) is 19.3 Å². The normalized spacial score (nSPS) is 14.2. The highest BCUT2D eigenvalue weighted by Gasteiger charge is 2.31. The molecule has 0 amide bonds. The van der Waals surface area contributed by atoms with Crippen molar-refractivity contribution in [2.45, 2.75) is 45.4 Å². The number of hydrogen-bond acceptors (Lipinski definition) is 6. The van der Waals surface area contributed by atoms with Crippen molar-refractivity contribution >= 4 is 11.5 Å². The van der Waals surface area contributed by atoms with Crippen molar-refractivity contribution in [3.05, 3.63) is 76.9 Å². The summed E-state index contributed by atoms with van der Waals surface area (Å²) in [5.74, 6) is 2.17. The summed E-state index contributed by atoms with van der Waals surface area (Å²) in [5, 5.41) is 0. The van der Waals surface area contributed by atoms with E-state index in [-0.39, 0.29) is 12.0 Å². The molecule has 1 aromatic carbocycles. The van der Waals surface area contributed by atoms with Crippen molar-refractivity contribution < 1.29 is 27.4 Å². The van der Waals surface area contributed by atoms with Gasteiger partial charge in [0.05, 0.1) is 36.8 Å². The van der Waals surface area contributed by atoms with Gasteiger partial charge in [-0.3, -0.25) is 14.8 Å². The fourth-order valence-electron chi connectivity index (χ4n) is 4.66. The quantitative estimate of drug-likeness (QED) is 0.185. The molecule has 0 spiro atoms. The monoisotopic (exact) mass is 551 g/mol. The van der Waals surface area contributed by atoms with E-state index < -0.39 is 23.1 Å². The lowest BCUT2D eigenvalue weighted by atomic mass is 9.96. The van der Waals surface area contributed by atoms with Gasteiger partial charge in [-0.2, -0.15) is 13.2 Å². The Balaban J connectivity index is 1.67. The first-order valence-electron chi connectivity index (χ1n) is 13.1. The molecular weight excluding hydrogens is 519 g/mol. The molecule has 3 aromatic rings. The lowest BCUT2D eigenvalue weighted by molar-refractivity contribution is -0.137. The highest BCUT2D eigenvalue weighted by molar-refractivity contribution is 5.97.